The Morgan fingerprint density at radius 2 is 2.18 bits per heavy atom. The Hall–Kier alpha value is -2.34. The third-order valence-corrected chi connectivity index (χ3v) is 3.51. The summed E-state index contributed by atoms with van der Waals surface area (Å²) < 4.78 is 5.55. The van der Waals surface area contributed by atoms with Gasteiger partial charge in [0.1, 0.15) is 5.75 Å². The van der Waals surface area contributed by atoms with Crippen LogP contribution < -0.4 is 15.4 Å². The molecule has 1 aromatic heterocycles. The van der Waals surface area contributed by atoms with Gasteiger partial charge in [0.05, 0.1) is 12.3 Å². The van der Waals surface area contributed by atoms with Crippen LogP contribution in [0.2, 0.25) is 0 Å². The Bertz CT molecular complexity index is 623. The van der Waals surface area contributed by atoms with E-state index >= 15 is 0 Å². The van der Waals surface area contributed by atoms with Crippen LogP contribution in [0.5, 0.6) is 5.75 Å². The van der Waals surface area contributed by atoms with Crippen LogP contribution in [-0.2, 0) is 0 Å². The van der Waals surface area contributed by atoms with Gasteiger partial charge in [0, 0.05) is 17.5 Å². The summed E-state index contributed by atoms with van der Waals surface area (Å²) in [4.78, 5) is 15.9. The molecule has 2 rings (SSSR count). The maximum Gasteiger partial charge on any atom is 0.321 e. The standard InChI is InChI=1S/C16H19N3O2S/c1-3-9-17-15(20)19-16-18-14(11-22-16)12-5-7-13(8-6-12)21-10-4-2/h3,5-8,11H,1,4,9-10H2,2H3,(H2,17,18,19,20). The summed E-state index contributed by atoms with van der Waals surface area (Å²) in [5, 5.41) is 7.80. The van der Waals surface area contributed by atoms with Crippen molar-refractivity contribution in [3.63, 3.8) is 0 Å². The number of hydrogen-bond acceptors (Lipinski definition) is 4. The zero-order valence-electron chi connectivity index (χ0n) is 12.5. The van der Waals surface area contributed by atoms with E-state index in [0.29, 0.717) is 18.3 Å². The van der Waals surface area contributed by atoms with Crippen molar-refractivity contribution in [1.82, 2.24) is 10.3 Å². The minimum atomic E-state index is -0.288. The fourth-order valence-electron chi connectivity index (χ4n) is 1.71. The van der Waals surface area contributed by atoms with Gasteiger partial charge in [-0.05, 0) is 30.7 Å². The highest BCUT2D eigenvalue weighted by molar-refractivity contribution is 7.14. The summed E-state index contributed by atoms with van der Waals surface area (Å²) in [5.74, 6) is 0.850. The summed E-state index contributed by atoms with van der Waals surface area (Å²) in [6.07, 6.45) is 2.60. The summed E-state index contributed by atoms with van der Waals surface area (Å²) in [6.45, 7) is 6.75. The quantitative estimate of drug-likeness (QED) is 0.761. The molecule has 1 heterocycles. The smallest absolute Gasteiger partial charge is 0.321 e. The van der Waals surface area contributed by atoms with Crippen LogP contribution in [0, 0.1) is 0 Å². The van der Waals surface area contributed by atoms with Crippen LogP contribution in [0.25, 0.3) is 11.3 Å². The molecule has 0 aliphatic rings. The van der Waals surface area contributed by atoms with Gasteiger partial charge >= 0.3 is 6.03 Å². The Morgan fingerprint density at radius 3 is 2.86 bits per heavy atom. The number of thiazole rings is 1. The number of ether oxygens (including phenoxy) is 1. The highest BCUT2D eigenvalue weighted by Gasteiger charge is 2.07. The van der Waals surface area contributed by atoms with Crippen molar-refractivity contribution in [2.75, 3.05) is 18.5 Å². The lowest BCUT2D eigenvalue weighted by Crippen LogP contribution is -2.28. The highest BCUT2D eigenvalue weighted by Crippen LogP contribution is 2.26. The number of nitrogens with zero attached hydrogens (tertiary/aromatic N) is 1. The molecule has 0 saturated heterocycles. The molecule has 0 atom stereocenters. The topological polar surface area (TPSA) is 63.2 Å². The second-order valence-corrected chi connectivity index (χ2v) is 5.39. The SMILES string of the molecule is C=CCNC(=O)Nc1nc(-c2ccc(OCCC)cc2)cs1. The molecule has 116 valence electrons. The molecule has 0 aliphatic carbocycles. The first-order valence-corrected chi connectivity index (χ1v) is 7.95. The third kappa shape index (κ3) is 4.60. The molecule has 2 amide bonds. The van der Waals surface area contributed by atoms with Crippen molar-refractivity contribution >= 4 is 22.5 Å². The van der Waals surface area contributed by atoms with E-state index in [1.165, 1.54) is 11.3 Å². The Balaban J connectivity index is 1.98. The monoisotopic (exact) mass is 317 g/mol. The number of aromatic nitrogens is 1. The number of anilines is 1. The van der Waals surface area contributed by atoms with E-state index in [-0.39, 0.29) is 6.03 Å². The summed E-state index contributed by atoms with van der Waals surface area (Å²) in [5.41, 5.74) is 1.81. The molecule has 22 heavy (non-hydrogen) atoms. The zero-order valence-corrected chi connectivity index (χ0v) is 13.3. The van der Waals surface area contributed by atoms with Crippen LogP contribution in [0.4, 0.5) is 9.93 Å². The predicted octanol–water partition coefficient (Wildman–Crippen LogP) is 3.91. The van der Waals surface area contributed by atoms with Gasteiger partial charge in [0.25, 0.3) is 0 Å². The van der Waals surface area contributed by atoms with E-state index in [1.807, 2.05) is 29.6 Å². The second-order valence-electron chi connectivity index (χ2n) is 4.53. The third-order valence-electron chi connectivity index (χ3n) is 2.75. The summed E-state index contributed by atoms with van der Waals surface area (Å²) >= 11 is 1.38. The highest BCUT2D eigenvalue weighted by atomic mass is 32.1. The van der Waals surface area contributed by atoms with Crippen molar-refractivity contribution in [2.24, 2.45) is 0 Å². The molecule has 0 saturated carbocycles. The number of carbonyl (C=O) groups is 1. The number of rotatable bonds is 7. The maximum absolute atomic E-state index is 11.5. The van der Waals surface area contributed by atoms with Gasteiger partial charge in [-0.3, -0.25) is 5.32 Å². The molecular formula is C16H19N3O2S. The van der Waals surface area contributed by atoms with Crippen LogP contribution in [0.3, 0.4) is 0 Å². The average Bonchev–Trinajstić information content (AvgIpc) is 3.00. The van der Waals surface area contributed by atoms with Crippen molar-refractivity contribution in [1.29, 1.82) is 0 Å². The largest absolute Gasteiger partial charge is 0.494 e. The predicted molar refractivity (Wildman–Crippen MR) is 90.6 cm³/mol. The van der Waals surface area contributed by atoms with Crippen molar-refractivity contribution in [2.45, 2.75) is 13.3 Å². The molecule has 0 aliphatic heterocycles. The van der Waals surface area contributed by atoms with E-state index in [4.69, 9.17) is 4.74 Å². The first kappa shape index (κ1) is 16.0. The minimum Gasteiger partial charge on any atom is -0.494 e. The number of hydrogen-bond donors (Lipinski definition) is 2. The summed E-state index contributed by atoms with van der Waals surface area (Å²) in [6, 6.07) is 7.48. The molecule has 0 fully saturated rings. The molecular weight excluding hydrogens is 298 g/mol. The van der Waals surface area contributed by atoms with Gasteiger partial charge in [-0.1, -0.05) is 13.0 Å². The van der Waals surface area contributed by atoms with Gasteiger partial charge < -0.3 is 10.1 Å². The van der Waals surface area contributed by atoms with E-state index < -0.39 is 0 Å². The second kappa shape index (κ2) is 8.19. The van der Waals surface area contributed by atoms with E-state index in [9.17, 15) is 4.79 Å². The molecule has 0 unspecified atom stereocenters. The minimum absolute atomic E-state index is 0.288. The number of amides is 2. The number of nitrogens with one attached hydrogen (secondary N) is 2. The molecule has 2 aromatic rings. The molecule has 0 radical (unpaired) electrons. The molecule has 0 bridgehead atoms. The van der Waals surface area contributed by atoms with Crippen LogP contribution in [0.1, 0.15) is 13.3 Å². The molecule has 2 N–H and O–H groups in total. The van der Waals surface area contributed by atoms with Gasteiger partial charge in [0.2, 0.25) is 0 Å². The molecule has 1 aromatic carbocycles. The van der Waals surface area contributed by atoms with Gasteiger partial charge in [0.15, 0.2) is 5.13 Å². The van der Waals surface area contributed by atoms with E-state index in [0.717, 1.165) is 23.4 Å². The van der Waals surface area contributed by atoms with E-state index in [1.54, 1.807) is 6.08 Å². The van der Waals surface area contributed by atoms with E-state index in [2.05, 4.69) is 29.1 Å². The van der Waals surface area contributed by atoms with Gasteiger partial charge in [-0.2, -0.15) is 0 Å². The molecule has 5 nitrogen and oxygen atoms in total. The van der Waals surface area contributed by atoms with Crippen molar-refractivity contribution < 1.29 is 9.53 Å². The average molecular weight is 317 g/mol. The van der Waals surface area contributed by atoms with Crippen LogP contribution in [0.15, 0.2) is 42.3 Å². The van der Waals surface area contributed by atoms with Crippen molar-refractivity contribution in [3.05, 3.63) is 42.3 Å². The van der Waals surface area contributed by atoms with Crippen LogP contribution >= 0.6 is 11.3 Å². The Kier molecular flexibility index (Phi) is 5.97. The van der Waals surface area contributed by atoms with Crippen LogP contribution in [-0.4, -0.2) is 24.2 Å². The lowest BCUT2D eigenvalue weighted by Gasteiger charge is -2.04. The fourth-order valence-corrected chi connectivity index (χ4v) is 2.43. The maximum atomic E-state index is 11.5. The lowest BCUT2D eigenvalue weighted by molar-refractivity contribution is 0.253. The Morgan fingerprint density at radius 1 is 1.41 bits per heavy atom. The fraction of sp³-hybridized carbons (Fsp3) is 0.250. The first-order valence-electron chi connectivity index (χ1n) is 7.07. The first-order chi connectivity index (χ1) is 10.7. The summed E-state index contributed by atoms with van der Waals surface area (Å²) in [7, 11) is 0. The number of benzene rings is 1. The van der Waals surface area contributed by atoms with Crippen molar-refractivity contribution in [3.8, 4) is 17.0 Å². The normalized spacial score (nSPS) is 10.0. The molecule has 6 heteroatoms. The lowest BCUT2D eigenvalue weighted by atomic mass is 10.2. The van der Waals surface area contributed by atoms with Gasteiger partial charge in [-0.15, -0.1) is 17.9 Å². The number of carbonyl (C=O) groups excluding carboxylic acids is 1. The van der Waals surface area contributed by atoms with Gasteiger partial charge in [-0.25, -0.2) is 9.78 Å². The number of urea groups is 1. The zero-order chi connectivity index (χ0) is 15.8. The molecule has 0 spiro atoms. The Labute approximate surface area is 134 Å².